The van der Waals surface area contributed by atoms with Gasteiger partial charge in [0.2, 0.25) is 0 Å². The number of nitrogens with one attached hydrogen (secondary N) is 2. The second-order valence-corrected chi connectivity index (χ2v) is 8.91. The van der Waals surface area contributed by atoms with E-state index in [2.05, 4.69) is 44.6 Å². The fourth-order valence-corrected chi connectivity index (χ4v) is 4.58. The van der Waals surface area contributed by atoms with E-state index < -0.39 is 0 Å². The number of nitrogens with zero attached hydrogens (tertiary/aromatic N) is 3. The maximum atomic E-state index is 12.4. The minimum absolute atomic E-state index is 0.139. The molecule has 1 aliphatic rings. The van der Waals surface area contributed by atoms with Gasteiger partial charge in [0, 0.05) is 36.5 Å². The zero-order chi connectivity index (χ0) is 25.2. The minimum atomic E-state index is -0.141. The Morgan fingerprint density at radius 1 is 0.892 bits per heavy atom. The number of ether oxygens (including phenoxy) is 1. The highest BCUT2D eigenvalue weighted by molar-refractivity contribution is 5.91. The van der Waals surface area contributed by atoms with Gasteiger partial charge in [0.15, 0.2) is 6.17 Å². The van der Waals surface area contributed by atoms with Crippen LogP contribution in [0, 0.1) is 0 Å². The predicted molar refractivity (Wildman–Crippen MR) is 144 cm³/mol. The Kier molecular flexibility index (Phi) is 6.04. The Morgan fingerprint density at radius 3 is 2.51 bits per heavy atom. The molecule has 182 valence electrons. The lowest BCUT2D eigenvalue weighted by molar-refractivity contribution is 0.414. The van der Waals surface area contributed by atoms with E-state index in [0.717, 1.165) is 44.4 Å². The number of rotatable bonds is 7. The number of aromatic amines is 1. The standard InChI is InChI=1S/C30H25N5O2/c1-37-22-11-12-26-27(15-22)34-28(33-26)18-31-17-19-7-9-21(10-8-19)29-23(20-5-3-2-4-6-20)16-24-25(35-29)13-14-32-30(24)36/h2-16,28,31H,17-18H2,1H3,(H,32,36). The first-order chi connectivity index (χ1) is 18.2. The molecule has 3 heterocycles. The average Bonchev–Trinajstić information content (AvgIpc) is 3.35. The fourth-order valence-electron chi connectivity index (χ4n) is 4.58. The number of aromatic nitrogens is 2. The van der Waals surface area contributed by atoms with Crippen molar-refractivity contribution in [2.24, 2.45) is 9.98 Å². The monoisotopic (exact) mass is 487 g/mol. The van der Waals surface area contributed by atoms with Crippen molar-refractivity contribution in [2.75, 3.05) is 13.7 Å². The Hall–Kier alpha value is -4.62. The molecule has 37 heavy (non-hydrogen) atoms. The summed E-state index contributed by atoms with van der Waals surface area (Å²) in [6.45, 7) is 1.35. The summed E-state index contributed by atoms with van der Waals surface area (Å²) >= 11 is 0. The Bertz CT molecular complexity index is 1760. The molecule has 0 saturated heterocycles. The molecule has 7 heteroatoms. The van der Waals surface area contributed by atoms with Gasteiger partial charge < -0.3 is 15.0 Å². The third-order valence-corrected chi connectivity index (χ3v) is 6.48. The van der Waals surface area contributed by atoms with Crippen LogP contribution in [0.2, 0.25) is 0 Å². The van der Waals surface area contributed by atoms with Crippen LogP contribution in [0.1, 0.15) is 5.56 Å². The molecule has 5 aromatic rings. The van der Waals surface area contributed by atoms with E-state index in [4.69, 9.17) is 9.72 Å². The summed E-state index contributed by atoms with van der Waals surface area (Å²) in [5.41, 5.74) is 5.47. The Morgan fingerprint density at radius 2 is 1.70 bits per heavy atom. The maximum absolute atomic E-state index is 12.4. The van der Waals surface area contributed by atoms with Crippen LogP contribution in [0.15, 0.2) is 106 Å². The molecule has 0 amide bonds. The number of hydrogen-bond acceptors (Lipinski definition) is 6. The van der Waals surface area contributed by atoms with Crippen molar-refractivity contribution in [3.05, 3.63) is 118 Å². The van der Waals surface area contributed by atoms with Gasteiger partial charge in [-0.25, -0.2) is 4.98 Å². The summed E-state index contributed by atoms with van der Waals surface area (Å²) in [7, 11) is 1.65. The van der Waals surface area contributed by atoms with E-state index in [1.807, 2.05) is 60.7 Å². The molecule has 0 bridgehead atoms. The van der Waals surface area contributed by atoms with Gasteiger partial charge in [-0.2, -0.15) is 0 Å². The summed E-state index contributed by atoms with van der Waals surface area (Å²) in [5.74, 6) is 0.787. The zero-order valence-corrected chi connectivity index (χ0v) is 20.3. The van der Waals surface area contributed by atoms with Gasteiger partial charge in [0.05, 0.1) is 34.4 Å². The summed E-state index contributed by atoms with van der Waals surface area (Å²) in [6, 6.07) is 27.9. The minimum Gasteiger partial charge on any atom is -0.497 e. The largest absolute Gasteiger partial charge is 0.497 e. The SMILES string of the molecule is COc1ccc2c(c1)=NC(CNCc1ccc(-c3nc4cc[nH]c(=O)c4cc3-c3ccccc3)cc1)N=2. The van der Waals surface area contributed by atoms with E-state index >= 15 is 0 Å². The molecular formula is C30H25N5O2. The highest BCUT2D eigenvalue weighted by Gasteiger charge is 2.14. The second kappa shape index (κ2) is 9.79. The van der Waals surface area contributed by atoms with Crippen LogP contribution < -0.4 is 26.3 Å². The van der Waals surface area contributed by atoms with Crippen LogP contribution in [0.3, 0.4) is 0 Å². The Balaban J connectivity index is 1.22. The van der Waals surface area contributed by atoms with E-state index in [1.54, 1.807) is 13.3 Å². The average molecular weight is 488 g/mol. The second-order valence-electron chi connectivity index (χ2n) is 8.91. The smallest absolute Gasteiger partial charge is 0.257 e. The predicted octanol–water partition coefficient (Wildman–Crippen LogP) is 3.63. The highest BCUT2D eigenvalue weighted by Crippen LogP contribution is 2.32. The molecule has 1 aliphatic heterocycles. The van der Waals surface area contributed by atoms with Crippen LogP contribution in [0.5, 0.6) is 5.75 Å². The summed E-state index contributed by atoms with van der Waals surface area (Å²) in [4.78, 5) is 29.4. The van der Waals surface area contributed by atoms with E-state index in [-0.39, 0.29) is 11.7 Å². The first-order valence-corrected chi connectivity index (χ1v) is 12.2. The summed E-state index contributed by atoms with van der Waals surface area (Å²) in [5, 5.41) is 5.81. The molecule has 0 fully saturated rings. The molecule has 0 saturated carbocycles. The van der Waals surface area contributed by atoms with E-state index in [0.29, 0.717) is 24.0 Å². The van der Waals surface area contributed by atoms with Gasteiger partial charge in [-0.15, -0.1) is 0 Å². The van der Waals surface area contributed by atoms with Crippen LogP contribution in [-0.4, -0.2) is 29.8 Å². The Labute approximate surface area is 213 Å². The number of methoxy groups -OCH3 is 1. The first kappa shape index (κ1) is 22.8. The maximum Gasteiger partial charge on any atom is 0.257 e. The topological polar surface area (TPSA) is 91.7 Å². The number of hydrogen-bond donors (Lipinski definition) is 2. The van der Waals surface area contributed by atoms with Crippen LogP contribution >= 0.6 is 0 Å². The molecule has 2 N–H and O–H groups in total. The fraction of sp³-hybridized carbons (Fsp3) is 0.133. The van der Waals surface area contributed by atoms with Gasteiger partial charge in [-0.05, 0) is 35.4 Å². The molecule has 0 radical (unpaired) electrons. The normalized spacial score (nSPS) is 14.1. The molecule has 1 unspecified atom stereocenters. The van der Waals surface area contributed by atoms with Crippen molar-refractivity contribution in [3.8, 4) is 28.1 Å². The lowest BCUT2D eigenvalue weighted by Gasteiger charge is -2.12. The van der Waals surface area contributed by atoms with Gasteiger partial charge in [-0.3, -0.25) is 14.8 Å². The number of fused-ring (bicyclic) bond motifs is 2. The third-order valence-electron chi connectivity index (χ3n) is 6.48. The number of H-pyrrole nitrogens is 1. The van der Waals surface area contributed by atoms with Crippen molar-refractivity contribution in [1.82, 2.24) is 15.3 Å². The van der Waals surface area contributed by atoms with Crippen molar-refractivity contribution in [3.63, 3.8) is 0 Å². The van der Waals surface area contributed by atoms with Crippen molar-refractivity contribution in [2.45, 2.75) is 12.7 Å². The lowest BCUT2D eigenvalue weighted by atomic mass is 9.97. The van der Waals surface area contributed by atoms with Gasteiger partial charge >= 0.3 is 0 Å². The van der Waals surface area contributed by atoms with Crippen LogP contribution in [-0.2, 0) is 6.54 Å². The van der Waals surface area contributed by atoms with Gasteiger partial charge in [0.25, 0.3) is 5.56 Å². The van der Waals surface area contributed by atoms with Gasteiger partial charge in [0.1, 0.15) is 5.75 Å². The first-order valence-electron chi connectivity index (χ1n) is 12.2. The number of pyridine rings is 2. The molecule has 1 atom stereocenters. The van der Waals surface area contributed by atoms with Gasteiger partial charge in [-0.1, -0.05) is 54.6 Å². The molecule has 3 aromatic carbocycles. The van der Waals surface area contributed by atoms with E-state index in [9.17, 15) is 4.79 Å². The number of benzene rings is 3. The molecule has 0 aliphatic carbocycles. The summed E-state index contributed by atoms with van der Waals surface area (Å²) < 4.78 is 5.28. The molecule has 2 aromatic heterocycles. The molecule has 6 rings (SSSR count). The van der Waals surface area contributed by atoms with E-state index in [1.165, 1.54) is 0 Å². The van der Waals surface area contributed by atoms with Crippen LogP contribution in [0.25, 0.3) is 33.3 Å². The lowest BCUT2D eigenvalue weighted by Crippen LogP contribution is -2.23. The highest BCUT2D eigenvalue weighted by atomic mass is 16.5. The molecule has 7 nitrogen and oxygen atoms in total. The molecular weight excluding hydrogens is 462 g/mol. The zero-order valence-electron chi connectivity index (χ0n) is 20.3. The molecule has 0 spiro atoms. The van der Waals surface area contributed by atoms with Crippen LogP contribution in [0.4, 0.5) is 0 Å². The van der Waals surface area contributed by atoms with Crippen molar-refractivity contribution < 1.29 is 4.74 Å². The van der Waals surface area contributed by atoms with Crippen molar-refractivity contribution >= 4 is 10.9 Å². The quantitative estimate of drug-likeness (QED) is 0.367. The van der Waals surface area contributed by atoms with Crippen molar-refractivity contribution in [1.29, 1.82) is 0 Å². The summed E-state index contributed by atoms with van der Waals surface area (Å²) in [6.07, 6.45) is 1.50. The third kappa shape index (κ3) is 4.64.